The minimum Gasteiger partial charge on any atom is -0.495 e. The Morgan fingerprint density at radius 1 is 1.58 bits per heavy atom. The summed E-state index contributed by atoms with van der Waals surface area (Å²) >= 11 is 3.08. The number of nitro groups is 1. The summed E-state index contributed by atoms with van der Waals surface area (Å²) in [6, 6.07) is 4.63. The summed E-state index contributed by atoms with van der Waals surface area (Å²) in [6.45, 7) is 0. The zero-order valence-electron chi connectivity index (χ0n) is 6.28. The molecule has 0 bridgehead atoms. The molecule has 0 fully saturated rings. The highest BCUT2D eigenvalue weighted by atomic mass is 79.9. The number of hydrogen-bond donors (Lipinski definition) is 0. The lowest BCUT2D eigenvalue weighted by Crippen LogP contribution is -1.91. The monoisotopic (exact) mass is 231 g/mol. The van der Waals surface area contributed by atoms with Crippen LogP contribution in [0.25, 0.3) is 0 Å². The molecule has 12 heavy (non-hydrogen) atoms. The van der Waals surface area contributed by atoms with E-state index in [1.165, 1.54) is 13.2 Å². The molecule has 1 aromatic carbocycles. The van der Waals surface area contributed by atoms with Gasteiger partial charge in [0.05, 0.1) is 12.0 Å². The molecule has 0 heterocycles. The van der Waals surface area contributed by atoms with Gasteiger partial charge in [0.25, 0.3) is 5.69 Å². The smallest absolute Gasteiger partial charge is 0.287 e. The van der Waals surface area contributed by atoms with Crippen molar-refractivity contribution in [2.24, 2.45) is 0 Å². The second-order valence-corrected chi connectivity index (χ2v) is 2.84. The number of nitrogens with zero attached hydrogens (tertiary/aromatic N) is 1. The zero-order valence-corrected chi connectivity index (χ0v) is 7.87. The molecular weight excluding hydrogens is 226 g/mol. The van der Waals surface area contributed by atoms with E-state index in [1.54, 1.807) is 12.1 Å². The van der Waals surface area contributed by atoms with Crippen LogP contribution in [-0.4, -0.2) is 12.0 Å². The summed E-state index contributed by atoms with van der Waals surface area (Å²) in [4.78, 5) is 9.94. The molecular formula is C7H6BrNO3. The van der Waals surface area contributed by atoms with Crippen LogP contribution >= 0.6 is 15.9 Å². The van der Waals surface area contributed by atoms with Gasteiger partial charge < -0.3 is 4.74 Å². The molecule has 0 aliphatic carbocycles. The van der Waals surface area contributed by atoms with Crippen molar-refractivity contribution in [3.63, 3.8) is 0 Å². The molecule has 4 nitrogen and oxygen atoms in total. The lowest BCUT2D eigenvalue weighted by Gasteiger charge is -2.01. The minimum absolute atomic E-state index is 0.00866. The maximum atomic E-state index is 10.4. The van der Waals surface area contributed by atoms with Crippen LogP contribution in [0.1, 0.15) is 0 Å². The second-order valence-electron chi connectivity index (χ2n) is 2.05. The summed E-state index contributed by atoms with van der Waals surface area (Å²) in [5.74, 6) is 0.462. The first-order valence-corrected chi connectivity index (χ1v) is 3.93. The summed E-state index contributed by atoms with van der Waals surface area (Å²) in [6.07, 6.45) is 0. The molecule has 5 heteroatoms. The van der Waals surface area contributed by atoms with E-state index in [1.807, 2.05) is 0 Å². The van der Waals surface area contributed by atoms with E-state index in [0.717, 1.165) is 0 Å². The SMILES string of the molecule is COc1cccc([N+](=O)[O-])c1Br. The van der Waals surface area contributed by atoms with Crippen molar-refractivity contribution in [2.45, 2.75) is 0 Å². The fourth-order valence-electron chi connectivity index (χ4n) is 0.798. The summed E-state index contributed by atoms with van der Waals surface area (Å²) in [7, 11) is 1.46. The van der Waals surface area contributed by atoms with Crippen molar-refractivity contribution in [2.75, 3.05) is 7.11 Å². The summed E-state index contributed by atoms with van der Waals surface area (Å²) in [5, 5.41) is 10.4. The maximum absolute atomic E-state index is 10.4. The van der Waals surface area contributed by atoms with Gasteiger partial charge in [0.2, 0.25) is 0 Å². The molecule has 0 unspecified atom stereocenters. The molecule has 0 saturated carbocycles. The van der Waals surface area contributed by atoms with Gasteiger partial charge in [-0.3, -0.25) is 10.1 Å². The molecule has 0 N–H and O–H groups in total. The molecule has 1 rings (SSSR count). The van der Waals surface area contributed by atoms with E-state index in [-0.39, 0.29) is 5.69 Å². The van der Waals surface area contributed by atoms with E-state index < -0.39 is 4.92 Å². The Balaban J connectivity index is 3.23. The summed E-state index contributed by atoms with van der Waals surface area (Å²) in [5.41, 5.74) is 0.00866. The quantitative estimate of drug-likeness (QED) is 0.580. The van der Waals surface area contributed by atoms with Crippen LogP contribution in [0, 0.1) is 10.1 Å². The van der Waals surface area contributed by atoms with E-state index in [4.69, 9.17) is 4.74 Å². The van der Waals surface area contributed by atoms with E-state index >= 15 is 0 Å². The van der Waals surface area contributed by atoms with Crippen molar-refractivity contribution in [1.82, 2.24) is 0 Å². The van der Waals surface area contributed by atoms with Crippen LogP contribution in [0.2, 0.25) is 0 Å². The Hall–Kier alpha value is -1.10. The predicted octanol–water partition coefficient (Wildman–Crippen LogP) is 2.37. The van der Waals surface area contributed by atoms with Crippen LogP contribution in [-0.2, 0) is 0 Å². The van der Waals surface area contributed by atoms with Crippen LogP contribution in [0.4, 0.5) is 5.69 Å². The summed E-state index contributed by atoms with van der Waals surface area (Å²) < 4.78 is 5.26. The highest BCUT2D eigenvalue weighted by Crippen LogP contribution is 2.33. The van der Waals surface area contributed by atoms with Gasteiger partial charge in [0.15, 0.2) is 0 Å². The van der Waals surface area contributed by atoms with Gasteiger partial charge >= 0.3 is 0 Å². The molecule has 0 amide bonds. The van der Waals surface area contributed by atoms with Gasteiger partial charge in [-0.1, -0.05) is 6.07 Å². The van der Waals surface area contributed by atoms with Crippen LogP contribution < -0.4 is 4.74 Å². The zero-order chi connectivity index (χ0) is 9.14. The second kappa shape index (κ2) is 3.53. The van der Waals surface area contributed by atoms with E-state index in [2.05, 4.69) is 15.9 Å². The Bertz CT molecular complexity index is 314. The molecule has 0 atom stereocenters. The Kier molecular flexibility index (Phi) is 2.65. The molecule has 0 aromatic heterocycles. The van der Waals surface area contributed by atoms with Crippen molar-refractivity contribution in [1.29, 1.82) is 0 Å². The highest BCUT2D eigenvalue weighted by molar-refractivity contribution is 9.10. The lowest BCUT2D eigenvalue weighted by molar-refractivity contribution is -0.385. The molecule has 0 spiro atoms. The number of rotatable bonds is 2. The molecule has 64 valence electrons. The van der Waals surface area contributed by atoms with E-state index in [0.29, 0.717) is 10.2 Å². The van der Waals surface area contributed by atoms with E-state index in [9.17, 15) is 10.1 Å². The van der Waals surface area contributed by atoms with Gasteiger partial charge in [-0.25, -0.2) is 0 Å². The minimum atomic E-state index is -0.466. The van der Waals surface area contributed by atoms with Crippen molar-refractivity contribution < 1.29 is 9.66 Å². The van der Waals surface area contributed by atoms with Crippen LogP contribution in [0.5, 0.6) is 5.75 Å². The first kappa shape index (κ1) is 8.99. The van der Waals surface area contributed by atoms with Crippen LogP contribution in [0.15, 0.2) is 22.7 Å². The van der Waals surface area contributed by atoms with Gasteiger partial charge in [-0.05, 0) is 22.0 Å². The van der Waals surface area contributed by atoms with Crippen molar-refractivity contribution in [3.05, 3.63) is 32.8 Å². The fraction of sp³-hybridized carbons (Fsp3) is 0.143. The number of methoxy groups -OCH3 is 1. The maximum Gasteiger partial charge on any atom is 0.287 e. The normalized spacial score (nSPS) is 9.50. The van der Waals surface area contributed by atoms with Crippen molar-refractivity contribution >= 4 is 21.6 Å². The van der Waals surface area contributed by atoms with Gasteiger partial charge in [-0.2, -0.15) is 0 Å². The number of hydrogen-bond acceptors (Lipinski definition) is 3. The number of ether oxygens (including phenoxy) is 1. The topological polar surface area (TPSA) is 52.4 Å². The highest BCUT2D eigenvalue weighted by Gasteiger charge is 2.14. The van der Waals surface area contributed by atoms with Gasteiger partial charge in [-0.15, -0.1) is 0 Å². The molecule has 0 aliphatic rings. The standard InChI is InChI=1S/C7H6BrNO3/c1-12-6-4-2-3-5(7(6)8)9(10)11/h2-4H,1H3. The average Bonchev–Trinajstić information content (AvgIpc) is 2.04. The van der Waals surface area contributed by atoms with Gasteiger partial charge in [0.1, 0.15) is 10.2 Å². The molecule has 0 saturated heterocycles. The first-order valence-electron chi connectivity index (χ1n) is 3.13. The van der Waals surface area contributed by atoms with Gasteiger partial charge in [0, 0.05) is 6.07 Å². The number of halogens is 1. The number of nitro benzene ring substituents is 1. The number of benzene rings is 1. The third-order valence-corrected chi connectivity index (χ3v) is 2.16. The third kappa shape index (κ3) is 1.55. The molecule has 0 aliphatic heterocycles. The Labute approximate surface area is 77.4 Å². The van der Waals surface area contributed by atoms with Crippen molar-refractivity contribution in [3.8, 4) is 5.75 Å². The predicted molar refractivity (Wildman–Crippen MR) is 47.3 cm³/mol. The molecule has 1 aromatic rings. The van der Waals surface area contributed by atoms with Crippen LogP contribution in [0.3, 0.4) is 0 Å². The average molecular weight is 232 g/mol. The fourth-order valence-corrected chi connectivity index (χ4v) is 1.37. The lowest BCUT2D eigenvalue weighted by atomic mass is 10.3. The molecule has 0 radical (unpaired) electrons. The largest absolute Gasteiger partial charge is 0.495 e. The first-order chi connectivity index (χ1) is 5.66. The third-order valence-electron chi connectivity index (χ3n) is 1.36. The Morgan fingerprint density at radius 3 is 2.75 bits per heavy atom. The Morgan fingerprint density at radius 2 is 2.25 bits per heavy atom.